The van der Waals surface area contributed by atoms with E-state index in [0.717, 1.165) is 4.99 Å². The molecule has 2 heteroatoms. The predicted molar refractivity (Wildman–Crippen MR) is 49.9 cm³/mol. The van der Waals surface area contributed by atoms with E-state index in [9.17, 15) is 0 Å². The molecule has 0 aromatic rings. The second-order valence-corrected chi connectivity index (χ2v) is 2.29. The van der Waals surface area contributed by atoms with Gasteiger partial charge in [-0.05, 0) is 13.0 Å². The van der Waals surface area contributed by atoms with Crippen molar-refractivity contribution in [2.75, 3.05) is 0 Å². The van der Waals surface area contributed by atoms with E-state index in [0.29, 0.717) is 0 Å². The molecule has 0 atom stereocenters. The molecule has 54 valence electrons. The molecular formula is C8H11NS. The molecule has 0 saturated carbocycles. The Morgan fingerprint density at radius 1 is 1.40 bits per heavy atom. The largest absolute Gasteiger partial charge is 0.357 e. The Balaban J connectivity index is 3.46. The summed E-state index contributed by atoms with van der Waals surface area (Å²) in [5, 5.41) is 2.87. The van der Waals surface area contributed by atoms with Crippen molar-refractivity contribution in [1.82, 2.24) is 5.32 Å². The van der Waals surface area contributed by atoms with E-state index in [1.165, 1.54) is 0 Å². The van der Waals surface area contributed by atoms with Gasteiger partial charge in [0.25, 0.3) is 0 Å². The first kappa shape index (κ1) is 9.11. The molecule has 0 aromatic heterocycles. The molecule has 0 amide bonds. The Labute approximate surface area is 67.1 Å². The average Bonchev–Trinajstić information content (AvgIpc) is 1.87. The SMILES string of the molecule is C=C/C=C\C=C\NC(C)=S. The fourth-order valence-corrected chi connectivity index (χ4v) is 0.432. The molecule has 0 unspecified atom stereocenters. The monoisotopic (exact) mass is 153 g/mol. The lowest BCUT2D eigenvalue weighted by atomic mass is 10.5. The van der Waals surface area contributed by atoms with Gasteiger partial charge in [-0.15, -0.1) is 0 Å². The highest BCUT2D eigenvalue weighted by Gasteiger charge is 1.73. The summed E-state index contributed by atoms with van der Waals surface area (Å²) in [7, 11) is 0. The zero-order chi connectivity index (χ0) is 7.82. The first-order valence-corrected chi connectivity index (χ1v) is 3.39. The zero-order valence-electron chi connectivity index (χ0n) is 6.00. The van der Waals surface area contributed by atoms with Crippen molar-refractivity contribution in [2.45, 2.75) is 6.92 Å². The van der Waals surface area contributed by atoms with Crippen LogP contribution in [-0.4, -0.2) is 4.99 Å². The van der Waals surface area contributed by atoms with Crippen molar-refractivity contribution in [2.24, 2.45) is 0 Å². The van der Waals surface area contributed by atoms with E-state index in [1.807, 2.05) is 25.2 Å². The minimum absolute atomic E-state index is 0.767. The highest BCUT2D eigenvalue weighted by atomic mass is 32.1. The second kappa shape index (κ2) is 6.23. The molecule has 0 heterocycles. The minimum Gasteiger partial charge on any atom is -0.357 e. The Morgan fingerprint density at radius 3 is 2.60 bits per heavy atom. The first-order chi connectivity index (χ1) is 4.77. The lowest BCUT2D eigenvalue weighted by molar-refractivity contribution is 1.30. The first-order valence-electron chi connectivity index (χ1n) is 2.98. The molecule has 10 heavy (non-hydrogen) atoms. The number of allylic oxidation sites excluding steroid dienone is 4. The number of nitrogens with one attached hydrogen (secondary N) is 1. The summed E-state index contributed by atoms with van der Waals surface area (Å²) < 4.78 is 0. The van der Waals surface area contributed by atoms with Gasteiger partial charge < -0.3 is 5.32 Å². The smallest absolute Gasteiger partial charge is 0.0761 e. The summed E-state index contributed by atoms with van der Waals surface area (Å²) in [4.78, 5) is 0.767. The summed E-state index contributed by atoms with van der Waals surface area (Å²) in [6.07, 6.45) is 9.07. The lowest BCUT2D eigenvalue weighted by Gasteiger charge is -1.90. The molecule has 0 aliphatic rings. The number of hydrogen-bond donors (Lipinski definition) is 1. The number of hydrogen-bond acceptors (Lipinski definition) is 1. The van der Waals surface area contributed by atoms with E-state index in [4.69, 9.17) is 12.2 Å². The molecule has 0 spiro atoms. The van der Waals surface area contributed by atoms with Gasteiger partial charge in [-0.25, -0.2) is 0 Å². The molecule has 1 nitrogen and oxygen atoms in total. The Morgan fingerprint density at radius 2 is 2.10 bits per heavy atom. The van der Waals surface area contributed by atoms with Crippen LogP contribution in [0.5, 0.6) is 0 Å². The maximum absolute atomic E-state index is 4.77. The number of thiocarbonyl (C=S) groups is 1. The van der Waals surface area contributed by atoms with Crippen molar-refractivity contribution in [3.63, 3.8) is 0 Å². The standard InChI is InChI=1S/C8H11NS/c1-3-4-5-6-7-9-8(2)10/h3-7H,1H2,2H3,(H,9,10)/b5-4-,7-6+. The third kappa shape index (κ3) is 7.11. The second-order valence-electron chi connectivity index (χ2n) is 1.68. The average molecular weight is 153 g/mol. The van der Waals surface area contributed by atoms with E-state index in [1.54, 1.807) is 12.3 Å². The molecule has 0 bridgehead atoms. The summed E-state index contributed by atoms with van der Waals surface area (Å²) in [6.45, 7) is 5.36. The van der Waals surface area contributed by atoms with Crippen molar-refractivity contribution in [1.29, 1.82) is 0 Å². The van der Waals surface area contributed by atoms with Crippen LogP contribution in [0.2, 0.25) is 0 Å². The fraction of sp³-hybridized carbons (Fsp3) is 0.125. The molecule has 0 saturated heterocycles. The van der Waals surface area contributed by atoms with Gasteiger partial charge in [0.2, 0.25) is 0 Å². The van der Waals surface area contributed by atoms with Gasteiger partial charge in [-0.2, -0.15) is 0 Å². The van der Waals surface area contributed by atoms with Gasteiger partial charge in [0, 0.05) is 6.20 Å². The molecule has 0 fully saturated rings. The van der Waals surface area contributed by atoms with Crippen molar-refractivity contribution >= 4 is 17.2 Å². The highest BCUT2D eigenvalue weighted by molar-refractivity contribution is 7.80. The van der Waals surface area contributed by atoms with Gasteiger partial charge in [-0.1, -0.05) is 37.0 Å². The van der Waals surface area contributed by atoms with Crippen LogP contribution >= 0.6 is 12.2 Å². The van der Waals surface area contributed by atoms with Crippen LogP contribution in [0.1, 0.15) is 6.92 Å². The van der Waals surface area contributed by atoms with Crippen LogP contribution in [0.3, 0.4) is 0 Å². The molecule has 0 radical (unpaired) electrons. The van der Waals surface area contributed by atoms with E-state index in [2.05, 4.69) is 11.9 Å². The molecule has 0 aromatic carbocycles. The van der Waals surface area contributed by atoms with Crippen LogP contribution in [0.4, 0.5) is 0 Å². The van der Waals surface area contributed by atoms with Gasteiger partial charge >= 0.3 is 0 Å². The van der Waals surface area contributed by atoms with Crippen LogP contribution in [0.25, 0.3) is 0 Å². The van der Waals surface area contributed by atoms with Gasteiger partial charge in [0.05, 0.1) is 4.99 Å². The van der Waals surface area contributed by atoms with E-state index in [-0.39, 0.29) is 0 Å². The predicted octanol–water partition coefficient (Wildman–Crippen LogP) is 2.18. The third-order valence-corrected chi connectivity index (χ3v) is 0.859. The summed E-state index contributed by atoms with van der Waals surface area (Å²) in [6, 6.07) is 0. The van der Waals surface area contributed by atoms with Gasteiger partial charge in [-0.3, -0.25) is 0 Å². The Kier molecular flexibility index (Phi) is 5.68. The molecular weight excluding hydrogens is 142 g/mol. The lowest BCUT2D eigenvalue weighted by Crippen LogP contribution is -2.08. The van der Waals surface area contributed by atoms with Crippen LogP contribution in [-0.2, 0) is 0 Å². The molecule has 1 N–H and O–H groups in total. The molecule has 0 rings (SSSR count). The maximum atomic E-state index is 4.77. The number of rotatable bonds is 3. The van der Waals surface area contributed by atoms with E-state index < -0.39 is 0 Å². The zero-order valence-corrected chi connectivity index (χ0v) is 6.82. The van der Waals surface area contributed by atoms with Gasteiger partial charge in [0.1, 0.15) is 0 Å². The van der Waals surface area contributed by atoms with E-state index >= 15 is 0 Å². The normalized spacial score (nSPS) is 10.5. The summed E-state index contributed by atoms with van der Waals surface area (Å²) >= 11 is 4.77. The maximum Gasteiger partial charge on any atom is 0.0761 e. The minimum atomic E-state index is 0.767. The molecule has 0 aliphatic carbocycles. The Bertz CT molecular complexity index is 168. The van der Waals surface area contributed by atoms with Crippen molar-refractivity contribution in [3.05, 3.63) is 37.1 Å². The van der Waals surface area contributed by atoms with Gasteiger partial charge in [0.15, 0.2) is 0 Å². The van der Waals surface area contributed by atoms with Crippen LogP contribution in [0, 0.1) is 0 Å². The summed E-state index contributed by atoms with van der Waals surface area (Å²) in [5.74, 6) is 0. The van der Waals surface area contributed by atoms with Crippen LogP contribution in [0.15, 0.2) is 37.1 Å². The van der Waals surface area contributed by atoms with Crippen molar-refractivity contribution < 1.29 is 0 Å². The highest BCUT2D eigenvalue weighted by Crippen LogP contribution is 1.75. The fourth-order valence-electron chi connectivity index (χ4n) is 0.364. The van der Waals surface area contributed by atoms with Crippen molar-refractivity contribution in [3.8, 4) is 0 Å². The summed E-state index contributed by atoms with van der Waals surface area (Å²) in [5.41, 5.74) is 0. The quantitative estimate of drug-likeness (QED) is 0.492. The molecule has 0 aliphatic heterocycles. The Hall–Kier alpha value is -0.890. The van der Waals surface area contributed by atoms with Crippen LogP contribution < -0.4 is 5.32 Å². The topological polar surface area (TPSA) is 12.0 Å². The third-order valence-electron chi connectivity index (χ3n) is 0.741.